The van der Waals surface area contributed by atoms with Crippen molar-refractivity contribution >= 4 is 18.5 Å². The quantitative estimate of drug-likeness (QED) is 0.173. The Hall–Kier alpha value is -1.39. The number of carbonyl (C=O) groups excluding carboxylic acids is 3. The first-order valence-corrected chi connectivity index (χ1v) is 8.50. The number of esters is 1. The molecule has 0 aromatic rings. The van der Waals surface area contributed by atoms with Gasteiger partial charge >= 0.3 is 5.97 Å². The molecule has 4 N–H and O–H groups in total. The molecule has 0 radical (unpaired) electrons. The maximum absolute atomic E-state index is 10.6. The van der Waals surface area contributed by atoms with Crippen molar-refractivity contribution in [1.29, 1.82) is 0 Å². The molecule has 0 aromatic heterocycles. The molecule has 0 aromatic carbocycles. The lowest BCUT2D eigenvalue weighted by Crippen LogP contribution is -2.33. The molecule has 0 fully saturated rings. The van der Waals surface area contributed by atoms with Gasteiger partial charge in [0.15, 0.2) is 0 Å². The van der Waals surface area contributed by atoms with Crippen molar-refractivity contribution in [2.45, 2.75) is 38.8 Å². The van der Waals surface area contributed by atoms with Crippen LogP contribution in [0.3, 0.4) is 0 Å². The number of nitrogens with two attached hydrogens (primary N) is 1. The summed E-state index contributed by atoms with van der Waals surface area (Å²) in [5, 5.41) is 6.15. The van der Waals surface area contributed by atoms with Crippen molar-refractivity contribution in [1.82, 2.24) is 10.6 Å². The van der Waals surface area contributed by atoms with Crippen molar-refractivity contribution in [3.05, 3.63) is 0 Å². The van der Waals surface area contributed by atoms with E-state index in [-0.39, 0.29) is 12.6 Å². The number of ether oxygens (including phenoxy) is 3. The zero-order chi connectivity index (χ0) is 20.7. The lowest BCUT2D eigenvalue weighted by atomic mass is 10.3. The van der Waals surface area contributed by atoms with Gasteiger partial charge in [0.05, 0.1) is 13.7 Å². The predicted molar refractivity (Wildman–Crippen MR) is 101 cm³/mol. The summed E-state index contributed by atoms with van der Waals surface area (Å²) in [5.41, 5.74) is 4.85. The van der Waals surface area contributed by atoms with Gasteiger partial charge in [-0.05, 0) is 27.3 Å². The van der Waals surface area contributed by atoms with Crippen LogP contribution in [-0.4, -0.2) is 78.4 Å². The monoisotopic (exact) mass is 379 g/mol. The molecule has 0 aliphatic rings. The molecule has 0 saturated carbocycles. The highest BCUT2D eigenvalue weighted by Gasteiger charge is 2.04. The van der Waals surface area contributed by atoms with Gasteiger partial charge in [0.25, 0.3) is 0 Å². The van der Waals surface area contributed by atoms with E-state index >= 15 is 0 Å². The number of likely N-dealkylation sites (N-methyl/N-ethyl adjacent to an activating group) is 1. The lowest BCUT2D eigenvalue weighted by molar-refractivity contribution is -0.145. The molecule has 0 aliphatic heterocycles. The van der Waals surface area contributed by atoms with Gasteiger partial charge in [-0.15, -0.1) is 0 Å². The first kappa shape index (κ1) is 29.4. The minimum Gasteiger partial charge on any atom is -0.467 e. The molecule has 0 rings (SSSR count). The maximum Gasteiger partial charge on any atom is 0.331 e. The Morgan fingerprint density at radius 2 is 1.62 bits per heavy atom. The summed E-state index contributed by atoms with van der Waals surface area (Å²) in [6, 6.07) is 0. The molecular weight excluding hydrogens is 342 g/mol. The van der Waals surface area contributed by atoms with Crippen LogP contribution in [0, 0.1) is 0 Å². The van der Waals surface area contributed by atoms with Crippen LogP contribution < -0.4 is 16.4 Å². The average molecular weight is 379 g/mol. The molecule has 0 saturated heterocycles. The number of rotatable bonds is 13. The fraction of sp³-hybridized carbons (Fsp3) is 0.824. The highest BCUT2D eigenvalue weighted by atomic mass is 16.6. The van der Waals surface area contributed by atoms with Gasteiger partial charge in [-0.25, -0.2) is 4.79 Å². The van der Waals surface area contributed by atoms with E-state index in [1.54, 1.807) is 21.0 Å². The van der Waals surface area contributed by atoms with Gasteiger partial charge < -0.3 is 40.2 Å². The molecule has 0 amide bonds. The number of hydrogen-bond donors (Lipinski definition) is 3. The SMILES string of the molecule is CNCCNCCOCC(=O)OC.COC(C)(C)N.O=CCCCC=O. The second-order valence-corrected chi connectivity index (χ2v) is 5.55. The molecule has 9 nitrogen and oxygen atoms in total. The first-order chi connectivity index (χ1) is 12.3. The van der Waals surface area contributed by atoms with Gasteiger partial charge in [-0.1, -0.05) is 0 Å². The van der Waals surface area contributed by atoms with Crippen molar-refractivity contribution in [3.63, 3.8) is 0 Å². The van der Waals surface area contributed by atoms with Crippen molar-refractivity contribution in [2.24, 2.45) is 5.73 Å². The van der Waals surface area contributed by atoms with Crippen LogP contribution in [0.25, 0.3) is 0 Å². The molecule has 156 valence electrons. The number of hydrogen-bond acceptors (Lipinski definition) is 9. The van der Waals surface area contributed by atoms with E-state index < -0.39 is 5.72 Å². The number of methoxy groups -OCH3 is 2. The third-order valence-electron chi connectivity index (χ3n) is 2.59. The number of aldehydes is 2. The minimum absolute atomic E-state index is 0.0320. The smallest absolute Gasteiger partial charge is 0.331 e. The molecule has 0 heterocycles. The summed E-state index contributed by atoms with van der Waals surface area (Å²) in [4.78, 5) is 29.7. The highest BCUT2D eigenvalue weighted by Crippen LogP contribution is 1.92. The van der Waals surface area contributed by atoms with Crippen LogP contribution in [0.2, 0.25) is 0 Å². The molecule has 0 unspecified atom stereocenters. The van der Waals surface area contributed by atoms with E-state index in [0.717, 1.165) is 32.2 Å². The van der Waals surface area contributed by atoms with E-state index in [2.05, 4.69) is 15.4 Å². The molecule has 9 heteroatoms. The van der Waals surface area contributed by atoms with Gasteiger partial charge in [0, 0.05) is 39.6 Å². The number of nitrogens with one attached hydrogen (secondary N) is 2. The Kier molecular flexibility index (Phi) is 26.7. The average Bonchev–Trinajstić information content (AvgIpc) is 2.61. The molecule has 0 atom stereocenters. The summed E-state index contributed by atoms with van der Waals surface area (Å²) in [7, 11) is 4.83. The topological polar surface area (TPSA) is 129 Å². The summed E-state index contributed by atoms with van der Waals surface area (Å²) >= 11 is 0. The fourth-order valence-electron chi connectivity index (χ4n) is 0.982. The van der Waals surface area contributed by atoms with Crippen LogP contribution >= 0.6 is 0 Å². The predicted octanol–water partition coefficient (Wildman–Crippen LogP) is -0.133. The number of unbranched alkanes of at least 4 members (excludes halogenated alkanes) is 2. The van der Waals surface area contributed by atoms with Gasteiger partial charge in [0.1, 0.15) is 24.9 Å². The molecular formula is C17H37N3O6. The summed E-state index contributed by atoms with van der Waals surface area (Å²) in [6.45, 7) is 6.73. The second kappa shape index (κ2) is 23.6. The third-order valence-corrected chi connectivity index (χ3v) is 2.59. The molecule has 0 bridgehead atoms. The Balaban J connectivity index is -0.000000342. The van der Waals surface area contributed by atoms with E-state index in [1.807, 2.05) is 7.05 Å². The zero-order valence-electron chi connectivity index (χ0n) is 16.8. The lowest BCUT2D eigenvalue weighted by Gasteiger charge is -2.14. The molecule has 0 aliphatic carbocycles. The van der Waals surface area contributed by atoms with Gasteiger partial charge in [-0.3, -0.25) is 0 Å². The van der Waals surface area contributed by atoms with Gasteiger partial charge in [-0.2, -0.15) is 0 Å². The van der Waals surface area contributed by atoms with E-state index in [9.17, 15) is 14.4 Å². The van der Waals surface area contributed by atoms with Crippen molar-refractivity contribution in [2.75, 3.05) is 54.1 Å². The zero-order valence-corrected chi connectivity index (χ0v) is 16.8. The fourth-order valence-corrected chi connectivity index (χ4v) is 0.982. The van der Waals surface area contributed by atoms with Crippen LogP contribution in [0.5, 0.6) is 0 Å². The first-order valence-electron chi connectivity index (χ1n) is 8.50. The minimum atomic E-state index is -0.458. The third kappa shape index (κ3) is 38.3. The Labute approximate surface area is 157 Å². The van der Waals surface area contributed by atoms with Crippen LogP contribution in [0.1, 0.15) is 33.1 Å². The summed E-state index contributed by atoms with van der Waals surface area (Å²) < 4.78 is 14.1. The summed E-state index contributed by atoms with van der Waals surface area (Å²) in [5.74, 6) is -0.338. The highest BCUT2D eigenvalue weighted by molar-refractivity contribution is 5.70. The standard InChI is InChI=1S/C8H18N2O3.C5H8O2.C4H11NO/c1-9-3-4-10-5-6-13-7-8(11)12-2;6-4-2-1-3-5-7;1-4(2,5)6-3/h9-10H,3-7H2,1-2H3;4-5H,1-3H2;5H2,1-3H3. The Bertz CT molecular complexity index is 314. The Morgan fingerprint density at radius 1 is 1.08 bits per heavy atom. The van der Waals surface area contributed by atoms with E-state index in [0.29, 0.717) is 25.9 Å². The van der Waals surface area contributed by atoms with Crippen LogP contribution in [0.4, 0.5) is 0 Å². The molecule has 26 heavy (non-hydrogen) atoms. The Morgan fingerprint density at radius 3 is 2.00 bits per heavy atom. The van der Waals surface area contributed by atoms with Crippen LogP contribution in [0.15, 0.2) is 0 Å². The normalized spacial score (nSPS) is 9.92. The van der Waals surface area contributed by atoms with E-state index in [4.69, 9.17) is 15.2 Å². The second-order valence-electron chi connectivity index (χ2n) is 5.55. The van der Waals surface area contributed by atoms with Crippen molar-refractivity contribution in [3.8, 4) is 0 Å². The van der Waals surface area contributed by atoms with E-state index in [1.165, 1.54) is 7.11 Å². The molecule has 0 spiro atoms. The largest absolute Gasteiger partial charge is 0.467 e. The summed E-state index contributed by atoms with van der Waals surface area (Å²) in [6.07, 6.45) is 3.37. The number of carbonyl (C=O) groups is 3. The van der Waals surface area contributed by atoms with Crippen molar-refractivity contribution < 1.29 is 28.6 Å². The maximum atomic E-state index is 10.6. The van der Waals surface area contributed by atoms with Crippen LogP contribution in [-0.2, 0) is 28.6 Å². The van der Waals surface area contributed by atoms with Gasteiger partial charge in [0.2, 0.25) is 0 Å².